The smallest absolute Gasteiger partial charge is 0.201 e. The summed E-state index contributed by atoms with van der Waals surface area (Å²) < 4.78 is 0. The zero-order chi connectivity index (χ0) is 10.2. The van der Waals surface area contributed by atoms with Crippen LogP contribution in [0.15, 0.2) is 11.1 Å². The Kier molecular flexibility index (Phi) is 1.98. The maximum Gasteiger partial charge on any atom is 0.201 e. The van der Waals surface area contributed by atoms with Crippen LogP contribution in [-0.2, 0) is 0 Å². The van der Waals surface area contributed by atoms with Crippen LogP contribution in [0.25, 0.3) is 6.08 Å². The van der Waals surface area contributed by atoms with E-state index in [4.69, 9.17) is 0 Å². The number of aliphatic imine (C=N–C) groups is 1. The van der Waals surface area contributed by atoms with Gasteiger partial charge in [0, 0.05) is 11.6 Å². The third-order valence-electron chi connectivity index (χ3n) is 2.86. The molecule has 1 aliphatic rings. The predicted molar refractivity (Wildman–Crippen MR) is 56.5 cm³/mol. The SMILES string of the molecule is CC(C)C1(C)C=Cc2n[nH]nc2N=C1. The van der Waals surface area contributed by atoms with Gasteiger partial charge in [0.25, 0.3) is 0 Å². The Labute approximate surface area is 83.1 Å². The summed E-state index contributed by atoms with van der Waals surface area (Å²) in [5.41, 5.74) is 0.806. The van der Waals surface area contributed by atoms with E-state index < -0.39 is 0 Å². The predicted octanol–water partition coefficient (Wildman–Crippen LogP) is 2.20. The molecule has 1 aromatic heterocycles. The molecule has 74 valence electrons. The Morgan fingerprint density at radius 3 is 2.86 bits per heavy atom. The number of H-pyrrole nitrogens is 1. The second-order valence-corrected chi connectivity index (χ2v) is 4.14. The summed E-state index contributed by atoms with van der Waals surface area (Å²) in [7, 11) is 0. The van der Waals surface area contributed by atoms with Crippen molar-refractivity contribution in [3.8, 4) is 0 Å². The third-order valence-corrected chi connectivity index (χ3v) is 2.86. The van der Waals surface area contributed by atoms with E-state index in [1.165, 1.54) is 0 Å². The van der Waals surface area contributed by atoms with Gasteiger partial charge in [-0.15, -0.1) is 5.10 Å². The quantitative estimate of drug-likeness (QED) is 0.738. The van der Waals surface area contributed by atoms with E-state index in [2.05, 4.69) is 47.3 Å². The minimum absolute atomic E-state index is 0.00458. The lowest BCUT2D eigenvalue weighted by Crippen LogP contribution is -2.21. The molecule has 0 aromatic carbocycles. The van der Waals surface area contributed by atoms with Gasteiger partial charge in [0.05, 0.1) is 0 Å². The highest BCUT2D eigenvalue weighted by molar-refractivity contribution is 5.77. The van der Waals surface area contributed by atoms with Gasteiger partial charge in [0.15, 0.2) is 0 Å². The Balaban J connectivity index is 2.42. The minimum Gasteiger partial charge on any atom is -0.237 e. The lowest BCUT2D eigenvalue weighted by Gasteiger charge is -2.24. The third kappa shape index (κ3) is 1.36. The molecule has 1 unspecified atom stereocenters. The monoisotopic (exact) mass is 190 g/mol. The van der Waals surface area contributed by atoms with Gasteiger partial charge < -0.3 is 0 Å². The zero-order valence-electron chi connectivity index (χ0n) is 8.65. The van der Waals surface area contributed by atoms with E-state index in [1.807, 2.05) is 12.3 Å². The first-order chi connectivity index (χ1) is 6.62. The van der Waals surface area contributed by atoms with Crippen molar-refractivity contribution in [3.63, 3.8) is 0 Å². The van der Waals surface area contributed by atoms with Crippen molar-refractivity contribution >= 4 is 18.1 Å². The Hall–Kier alpha value is -1.45. The van der Waals surface area contributed by atoms with Crippen LogP contribution in [0.5, 0.6) is 0 Å². The highest BCUT2D eigenvalue weighted by Gasteiger charge is 2.25. The average Bonchev–Trinajstić information content (AvgIpc) is 2.53. The average molecular weight is 190 g/mol. The van der Waals surface area contributed by atoms with Crippen LogP contribution < -0.4 is 0 Å². The van der Waals surface area contributed by atoms with Gasteiger partial charge >= 0.3 is 0 Å². The van der Waals surface area contributed by atoms with Gasteiger partial charge in [-0.05, 0) is 12.0 Å². The minimum atomic E-state index is -0.00458. The van der Waals surface area contributed by atoms with Crippen molar-refractivity contribution in [3.05, 3.63) is 11.8 Å². The lowest BCUT2D eigenvalue weighted by atomic mass is 9.80. The molecule has 0 fully saturated rings. The van der Waals surface area contributed by atoms with E-state index in [9.17, 15) is 0 Å². The molecule has 0 amide bonds. The molecule has 1 atom stereocenters. The number of fused-ring (bicyclic) bond motifs is 1. The molecule has 4 heteroatoms. The van der Waals surface area contributed by atoms with Gasteiger partial charge in [0.2, 0.25) is 5.82 Å². The second kappa shape index (κ2) is 3.04. The van der Waals surface area contributed by atoms with Crippen LogP contribution in [0.1, 0.15) is 26.5 Å². The van der Waals surface area contributed by atoms with Crippen molar-refractivity contribution < 1.29 is 0 Å². The Morgan fingerprint density at radius 2 is 2.14 bits per heavy atom. The normalized spacial score (nSPS) is 25.1. The van der Waals surface area contributed by atoms with Crippen LogP contribution in [0.3, 0.4) is 0 Å². The summed E-state index contributed by atoms with van der Waals surface area (Å²) in [6.45, 7) is 6.52. The summed E-state index contributed by atoms with van der Waals surface area (Å²) in [6, 6.07) is 0. The molecule has 2 heterocycles. The second-order valence-electron chi connectivity index (χ2n) is 4.14. The van der Waals surface area contributed by atoms with Crippen LogP contribution in [0.4, 0.5) is 5.82 Å². The van der Waals surface area contributed by atoms with E-state index in [1.54, 1.807) is 0 Å². The van der Waals surface area contributed by atoms with Crippen molar-refractivity contribution in [2.75, 3.05) is 0 Å². The van der Waals surface area contributed by atoms with Crippen LogP contribution in [-0.4, -0.2) is 21.6 Å². The summed E-state index contributed by atoms with van der Waals surface area (Å²) in [4.78, 5) is 4.33. The largest absolute Gasteiger partial charge is 0.237 e. The first-order valence-electron chi connectivity index (χ1n) is 4.77. The van der Waals surface area contributed by atoms with Crippen molar-refractivity contribution in [1.29, 1.82) is 0 Å². The molecule has 0 spiro atoms. The highest BCUT2D eigenvalue weighted by Crippen LogP contribution is 2.31. The fraction of sp³-hybridized carbons (Fsp3) is 0.500. The molecule has 1 N–H and O–H groups in total. The summed E-state index contributed by atoms with van der Waals surface area (Å²) in [5.74, 6) is 1.18. The summed E-state index contributed by atoms with van der Waals surface area (Å²) in [5, 5.41) is 10.5. The highest BCUT2D eigenvalue weighted by atomic mass is 15.4. The number of hydrogen-bond acceptors (Lipinski definition) is 3. The fourth-order valence-electron chi connectivity index (χ4n) is 1.28. The molecule has 4 nitrogen and oxygen atoms in total. The van der Waals surface area contributed by atoms with Crippen molar-refractivity contribution in [1.82, 2.24) is 15.4 Å². The van der Waals surface area contributed by atoms with E-state index in [-0.39, 0.29) is 5.41 Å². The fourth-order valence-corrected chi connectivity index (χ4v) is 1.28. The molecule has 14 heavy (non-hydrogen) atoms. The first kappa shape index (κ1) is 9.12. The van der Waals surface area contributed by atoms with Gasteiger partial charge in [0.1, 0.15) is 5.69 Å². The molecule has 0 saturated carbocycles. The van der Waals surface area contributed by atoms with Gasteiger partial charge in [-0.25, -0.2) is 4.99 Å². The zero-order valence-corrected chi connectivity index (χ0v) is 8.65. The molecule has 0 aliphatic carbocycles. The van der Waals surface area contributed by atoms with E-state index in [0.29, 0.717) is 11.7 Å². The van der Waals surface area contributed by atoms with Crippen molar-refractivity contribution in [2.24, 2.45) is 16.3 Å². The van der Waals surface area contributed by atoms with Gasteiger partial charge in [-0.2, -0.15) is 10.3 Å². The molecule has 1 aliphatic heterocycles. The number of rotatable bonds is 1. The number of hydrogen-bond donors (Lipinski definition) is 1. The van der Waals surface area contributed by atoms with Crippen molar-refractivity contribution in [2.45, 2.75) is 20.8 Å². The molecular formula is C10H14N4. The summed E-state index contributed by atoms with van der Waals surface area (Å²) >= 11 is 0. The Morgan fingerprint density at radius 1 is 1.36 bits per heavy atom. The molecule has 0 bridgehead atoms. The number of nitrogens with zero attached hydrogens (tertiary/aromatic N) is 3. The molecule has 1 aromatic rings. The maximum absolute atomic E-state index is 4.33. The first-order valence-corrected chi connectivity index (χ1v) is 4.77. The number of nitrogens with one attached hydrogen (secondary N) is 1. The number of aromatic amines is 1. The van der Waals surface area contributed by atoms with Crippen LogP contribution in [0, 0.1) is 11.3 Å². The molecular weight excluding hydrogens is 176 g/mol. The standard InChI is InChI=1S/C10H14N4/c1-7(2)10(3)5-4-8-9(11-6-10)13-14-12-8/h4-7H,1-3H3,(H,12,13,14). The van der Waals surface area contributed by atoms with Gasteiger partial charge in [-0.3, -0.25) is 0 Å². The maximum atomic E-state index is 4.33. The van der Waals surface area contributed by atoms with Crippen LogP contribution in [0.2, 0.25) is 0 Å². The lowest BCUT2D eigenvalue weighted by molar-refractivity contribution is 0.425. The molecule has 0 radical (unpaired) electrons. The molecule has 2 rings (SSSR count). The van der Waals surface area contributed by atoms with E-state index in [0.717, 1.165) is 5.69 Å². The summed E-state index contributed by atoms with van der Waals surface area (Å²) in [6.07, 6.45) is 6.06. The topological polar surface area (TPSA) is 53.9 Å². The Bertz CT molecular complexity index is 358. The number of allylic oxidation sites excluding steroid dienone is 1. The van der Waals surface area contributed by atoms with E-state index >= 15 is 0 Å². The number of aromatic nitrogens is 3. The van der Waals surface area contributed by atoms with Gasteiger partial charge in [-0.1, -0.05) is 26.8 Å². The molecule has 0 saturated heterocycles. The van der Waals surface area contributed by atoms with Crippen LogP contribution >= 0.6 is 0 Å².